The highest BCUT2D eigenvalue weighted by atomic mass is 15.1. The number of hydrogen-bond donors (Lipinski definition) is 0. The molecule has 0 bridgehead atoms. The van der Waals surface area contributed by atoms with Crippen molar-refractivity contribution in [2.24, 2.45) is 9.98 Å². The van der Waals surface area contributed by atoms with Crippen LogP contribution in [-0.4, -0.2) is 19.1 Å². The molecule has 2 nitrogen and oxygen atoms in total. The molecule has 0 saturated heterocycles. The minimum Gasteiger partial charge on any atom is -0.271 e. The van der Waals surface area contributed by atoms with Crippen LogP contribution in [0.15, 0.2) is 9.98 Å². The highest BCUT2D eigenvalue weighted by molar-refractivity contribution is 5.30. The second-order valence-corrected chi connectivity index (χ2v) is 2.86. The van der Waals surface area contributed by atoms with Crippen molar-refractivity contribution in [2.45, 2.75) is 37.8 Å². The number of aliphatic imine (C=N–C) groups is 2. The van der Waals surface area contributed by atoms with E-state index in [1.165, 1.54) is 19.3 Å². The standard InChI is InChI=1S/C8H14N2/c1-9-8(10-2)6-4-3-5-7-8/h1-7H2. The van der Waals surface area contributed by atoms with Crippen LogP contribution in [0.2, 0.25) is 0 Å². The Bertz CT molecular complexity index is 124. The summed E-state index contributed by atoms with van der Waals surface area (Å²) in [7, 11) is 0. The first-order valence-corrected chi connectivity index (χ1v) is 3.79. The van der Waals surface area contributed by atoms with Crippen molar-refractivity contribution in [3.8, 4) is 0 Å². The predicted octanol–water partition coefficient (Wildman–Crippen LogP) is 2.05. The molecule has 0 aliphatic heterocycles. The molecule has 0 aromatic carbocycles. The van der Waals surface area contributed by atoms with Gasteiger partial charge in [-0.2, -0.15) is 0 Å². The highest BCUT2D eigenvalue weighted by Gasteiger charge is 2.27. The van der Waals surface area contributed by atoms with Crippen LogP contribution in [0.25, 0.3) is 0 Å². The smallest absolute Gasteiger partial charge is 0.148 e. The van der Waals surface area contributed by atoms with Crippen molar-refractivity contribution in [3.05, 3.63) is 0 Å². The van der Waals surface area contributed by atoms with Crippen LogP contribution in [-0.2, 0) is 0 Å². The molecule has 0 atom stereocenters. The van der Waals surface area contributed by atoms with Crippen LogP contribution >= 0.6 is 0 Å². The Morgan fingerprint density at radius 2 is 1.40 bits per heavy atom. The third-order valence-corrected chi connectivity index (χ3v) is 2.24. The maximum atomic E-state index is 4.02. The van der Waals surface area contributed by atoms with Gasteiger partial charge in [0.1, 0.15) is 5.66 Å². The van der Waals surface area contributed by atoms with Gasteiger partial charge in [-0.15, -0.1) is 0 Å². The molecule has 0 heterocycles. The minimum absolute atomic E-state index is 0.210. The first-order chi connectivity index (χ1) is 4.83. The second-order valence-electron chi connectivity index (χ2n) is 2.86. The summed E-state index contributed by atoms with van der Waals surface area (Å²) in [5.41, 5.74) is -0.210. The van der Waals surface area contributed by atoms with Crippen LogP contribution in [0, 0.1) is 0 Å². The van der Waals surface area contributed by atoms with E-state index in [9.17, 15) is 0 Å². The fourth-order valence-electron chi connectivity index (χ4n) is 1.48. The third-order valence-electron chi connectivity index (χ3n) is 2.24. The van der Waals surface area contributed by atoms with Gasteiger partial charge in [0.2, 0.25) is 0 Å². The van der Waals surface area contributed by atoms with E-state index in [2.05, 4.69) is 23.4 Å². The highest BCUT2D eigenvalue weighted by Crippen LogP contribution is 2.31. The maximum absolute atomic E-state index is 4.02. The minimum atomic E-state index is -0.210. The van der Waals surface area contributed by atoms with Gasteiger partial charge in [0.15, 0.2) is 0 Å². The van der Waals surface area contributed by atoms with Crippen LogP contribution in [0.4, 0.5) is 0 Å². The molecule has 0 spiro atoms. The van der Waals surface area contributed by atoms with E-state index in [-0.39, 0.29) is 5.66 Å². The van der Waals surface area contributed by atoms with Gasteiger partial charge in [-0.1, -0.05) is 6.42 Å². The lowest BCUT2D eigenvalue weighted by molar-refractivity contribution is 0.315. The largest absolute Gasteiger partial charge is 0.271 e. The molecule has 1 rings (SSSR count). The molecule has 0 radical (unpaired) electrons. The molecule has 2 heteroatoms. The average Bonchev–Trinajstić information content (AvgIpc) is 2.06. The first-order valence-electron chi connectivity index (χ1n) is 3.79. The summed E-state index contributed by atoms with van der Waals surface area (Å²) < 4.78 is 0. The molecule has 1 fully saturated rings. The Labute approximate surface area is 62.1 Å². The first kappa shape index (κ1) is 7.45. The van der Waals surface area contributed by atoms with Crippen molar-refractivity contribution in [1.82, 2.24) is 0 Å². The van der Waals surface area contributed by atoms with Crippen LogP contribution < -0.4 is 0 Å². The monoisotopic (exact) mass is 138 g/mol. The molecular weight excluding hydrogens is 124 g/mol. The zero-order valence-corrected chi connectivity index (χ0v) is 6.34. The molecule has 0 aromatic rings. The van der Waals surface area contributed by atoms with Gasteiger partial charge < -0.3 is 0 Å². The van der Waals surface area contributed by atoms with Crippen LogP contribution in [0.5, 0.6) is 0 Å². The van der Waals surface area contributed by atoms with Crippen molar-refractivity contribution < 1.29 is 0 Å². The van der Waals surface area contributed by atoms with Gasteiger partial charge in [0, 0.05) is 0 Å². The zero-order chi connectivity index (χ0) is 7.45. The van der Waals surface area contributed by atoms with Crippen molar-refractivity contribution in [3.63, 3.8) is 0 Å². The third kappa shape index (κ3) is 1.25. The Hall–Kier alpha value is -0.660. The zero-order valence-electron chi connectivity index (χ0n) is 6.34. The van der Waals surface area contributed by atoms with Crippen LogP contribution in [0.1, 0.15) is 32.1 Å². The summed E-state index contributed by atoms with van der Waals surface area (Å²) in [5, 5.41) is 0. The topological polar surface area (TPSA) is 24.7 Å². The molecule has 1 saturated carbocycles. The lowest BCUT2D eigenvalue weighted by Gasteiger charge is -2.28. The summed E-state index contributed by atoms with van der Waals surface area (Å²) >= 11 is 0. The lowest BCUT2D eigenvalue weighted by atomic mass is 9.90. The Kier molecular flexibility index (Phi) is 2.20. The van der Waals surface area contributed by atoms with Gasteiger partial charge in [0.05, 0.1) is 0 Å². The van der Waals surface area contributed by atoms with Crippen molar-refractivity contribution in [1.29, 1.82) is 0 Å². The van der Waals surface area contributed by atoms with E-state index < -0.39 is 0 Å². The summed E-state index contributed by atoms with van der Waals surface area (Å²) in [6.45, 7) is 7.09. The number of nitrogens with zero attached hydrogens (tertiary/aromatic N) is 2. The fourth-order valence-corrected chi connectivity index (χ4v) is 1.48. The molecule has 0 unspecified atom stereocenters. The Balaban J connectivity index is 2.60. The van der Waals surface area contributed by atoms with Gasteiger partial charge >= 0.3 is 0 Å². The van der Waals surface area contributed by atoms with E-state index in [0.29, 0.717) is 0 Å². The summed E-state index contributed by atoms with van der Waals surface area (Å²) in [4.78, 5) is 8.04. The molecule has 1 aliphatic rings. The quantitative estimate of drug-likeness (QED) is 0.522. The van der Waals surface area contributed by atoms with E-state index in [0.717, 1.165) is 12.8 Å². The Morgan fingerprint density at radius 1 is 0.900 bits per heavy atom. The van der Waals surface area contributed by atoms with Crippen LogP contribution in [0.3, 0.4) is 0 Å². The van der Waals surface area contributed by atoms with Gasteiger partial charge in [-0.3, -0.25) is 9.98 Å². The van der Waals surface area contributed by atoms with E-state index in [1.807, 2.05) is 0 Å². The fraction of sp³-hybridized carbons (Fsp3) is 0.750. The summed E-state index contributed by atoms with van der Waals surface area (Å²) in [6, 6.07) is 0. The van der Waals surface area contributed by atoms with Gasteiger partial charge in [0.25, 0.3) is 0 Å². The predicted molar refractivity (Wildman–Crippen MR) is 44.9 cm³/mol. The van der Waals surface area contributed by atoms with Gasteiger partial charge in [-0.05, 0) is 39.1 Å². The summed E-state index contributed by atoms with van der Waals surface area (Å²) in [6.07, 6.45) is 5.84. The summed E-state index contributed by atoms with van der Waals surface area (Å²) in [5.74, 6) is 0. The number of hydrogen-bond acceptors (Lipinski definition) is 2. The number of rotatable bonds is 2. The molecular formula is C8H14N2. The van der Waals surface area contributed by atoms with Gasteiger partial charge in [-0.25, -0.2) is 0 Å². The Morgan fingerprint density at radius 3 is 1.70 bits per heavy atom. The molecule has 0 N–H and O–H groups in total. The van der Waals surface area contributed by atoms with E-state index in [1.54, 1.807) is 0 Å². The molecule has 1 aliphatic carbocycles. The maximum Gasteiger partial charge on any atom is 0.148 e. The van der Waals surface area contributed by atoms with E-state index in [4.69, 9.17) is 0 Å². The van der Waals surface area contributed by atoms with Crippen molar-refractivity contribution >= 4 is 13.4 Å². The lowest BCUT2D eigenvalue weighted by Crippen LogP contribution is -2.25. The van der Waals surface area contributed by atoms with Crippen molar-refractivity contribution in [2.75, 3.05) is 0 Å². The molecule has 56 valence electrons. The SMILES string of the molecule is C=NC1(N=C)CCCCC1. The second kappa shape index (κ2) is 2.95. The molecule has 10 heavy (non-hydrogen) atoms. The molecule has 0 amide bonds. The molecule has 0 aromatic heterocycles. The normalized spacial score (nSPS) is 23.6. The average molecular weight is 138 g/mol. The van der Waals surface area contributed by atoms with E-state index >= 15 is 0 Å².